The molecule has 6 nitrogen and oxygen atoms in total. The fourth-order valence-corrected chi connectivity index (χ4v) is 0.399. The highest BCUT2D eigenvalue weighted by atomic mass is 16.7. The molecule has 1 rings (SSSR count). The van der Waals surface area contributed by atoms with Crippen LogP contribution in [0.4, 0.5) is 0 Å². The quantitative estimate of drug-likeness (QED) is 0.142. The molecule has 0 aromatic heterocycles. The molecular weight excluding hydrogens is 136 g/mol. The van der Waals surface area contributed by atoms with E-state index in [1.54, 1.807) is 0 Å². The van der Waals surface area contributed by atoms with E-state index in [9.17, 15) is 0 Å². The van der Waals surface area contributed by atoms with E-state index in [-0.39, 0.29) is 12.1 Å². The third kappa shape index (κ3) is 2.51. The van der Waals surface area contributed by atoms with Gasteiger partial charge in [0.05, 0.1) is 6.61 Å². The summed E-state index contributed by atoms with van der Waals surface area (Å²) in [5.41, 5.74) is 7.45. The highest BCUT2D eigenvalue weighted by Crippen LogP contribution is 2.07. The Balaban J connectivity index is 1.93. The van der Waals surface area contributed by atoms with Gasteiger partial charge in [0.15, 0.2) is 0 Å². The molecule has 1 unspecified atom stereocenters. The van der Waals surface area contributed by atoms with Crippen LogP contribution < -0.4 is 17.1 Å². The van der Waals surface area contributed by atoms with Crippen LogP contribution in [0.3, 0.4) is 0 Å². The second-order valence-corrected chi connectivity index (χ2v) is 1.88. The van der Waals surface area contributed by atoms with Gasteiger partial charge >= 0.3 is 0 Å². The number of hydrazone groups is 1. The molecule has 0 bridgehead atoms. The molecule has 0 aliphatic carbocycles. The van der Waals surface area contributed by atoms with Gasteiger partial charge in [-0.3, -0.25) is 4.84 Å². The molecule has 5 N–H and O–H groups in total. The molecule has 6 heteroatoms. The minimum Gasteiger partial charge on any atom is -0.371 e. The Kier molecular flexibility index (Phi) is 2.30. The molecule has 0 aromatic rings. The van der Waals surface area contributed by atoms with Gasteiger partial charge in [0.2, 0.25) is 5.96 Å². The summed E-state index contributed by atoms with van der Waals surface area (Å²) in [6.07, 6.45) is 0.207. The minimum absolute atomic E-state index is 0.0562. The zero-order valence-electron chi connectivity index (χ0n) is 5.41. The van der Waals surface area contributed by atoms with Crippen molar-refractivity contribution in [1.82, 2.24) is 5.48 Å². The second kappa shape index (κ2) is 3.23. The first-order chi connectivity index (χ1) is 4.83. The van der Waals surface area contributed by atoms with Gasteiger partial charge in [-0.2, -0.15) is 0 Å². The van der Waals surface area contributed by atoms with Gasteiger partial charge in [0.25, 0.3) is 0 Å². The molecule has 0 saturated carbocycles. The Bertz CT molecular complexity index is 133. The molecule has 1 aliphatic heterocycles. The largest absolute Gasteiger partial charge is 0.371 e. The Labute approximate surface area is 58.1 Å². The molecule has 1 aliphatic rings. The lowest BCUT2D eigenvalue weighted by Gasteiger charge is -2.01. The molecule has 1 atom stereocenters. The Morgan fingerprint density at radius 1 is 1.90 bits per heavy atom. The van der Waals surface area contributed by atoms with Gasteiger partial charge in [-0.05, 0) is 0 Å². The van der Waals surface area contributed by atoms with Crippen LogP contribution in [0, 0.1) is 0 Å². The van der Waals surface area contributed by atoms with Gasteiger partial charge in [-0.25, -0.2) is 5.48 Å². The molecule has 10 heavy (non-hydrogen) atoms. The van der Waals surface area contributed by atoms with Crippen LogP contribution in [-0.2, 0) is 9.57 Å². The third-order valence-electron chi connectivity index (χ3n) is 0.987. The highest BCUT2D eigenvalue weighted by Gasteiger charge is 2.22. The molecule has 0 aromatic carbocycles. The van der Waals surface area contributed by atoms with Crippen molar-refractivity contribution in [3.63, 3.8) is 0 Å². The topological polar surface area (TPSA) is 98.2 Å². The average Bonchev–Trinajstić information content (AvgIpc) is 2.71. The SMILES string of the molecule is NN=C(N)NOCC1CO1. The van der Waals surface area contributed by atoms with E-state index in [2.05, 4.69) is 10.6 Å². The van der Waals surface area contributed by atoms with Gasteiger partial charge in [0, 0.05) is 0 Å². The van der Waals surface area contributed by atoms with Crippen molar-refractivity contribution in [3.8, 4) is 0 Å². The summed E-state index contributed by atoms with van der Waals surface area (Å²) in [5.74, 6) is 4.85. The first kappa shape index (κ1) is 7.10. The van der Waals surface area contributed by atoms with Crippen molar-refractivity contribution < 1.29 is 9.57 Å². The summed E-state index contributed by atoms with van der Waals surface area (Å²) >= 11 is 0. The number of nitrogens with two attached hydrogens (primary N) is 2. The summed E-state index contributed by atoms with van der Waals surface area (Å²) in [6.45, 7) is 1.22. The fourth-order valence-electron chi connectivity index (χ4n) is 0.399. The standard InChI is InChI=1S/C4H10N4O2/c5-4(7-6)8-10-2-3-1-9-3/h3H,1-2,6H2,(H3,5,7,8). The number of ether oxygens (including phenoxy) is 1. The number of nitrogens with zero attached hydrogens (tertiary/aromatic N) is 1. The Morgan fingerprint density at radius 3 is 3.10 bits per heavy atom. The fraction of sp³-hybridized carbons (Fsp3) is 0.750. The highest BCUT2D eigenvalue weighted by molar-refractivity contribution is 5.76. The number of hydroxylamine groups is 1. The van der Waals surface area contributed by atoms with Crippen molar-refractivity contribution in [2.75, 3.05) is 13.2 Å². The van der Waals surface area contributed by atoms with Gasteiger partial charge in [-0.1, -0.05) is 0 Å². The third-order valence-corrected chi connectivity index (χ3v) is 0.987. The number of rotatable bonds is 3. The van der Waals surface area contributed by atoms with Crippen molar-refractivity contribution in [3.05, 3.63) is 0 Å². The van der Waals surface area contributed by atoms with E-state index in [1.165, 1.54) is 0 Å². The molecule has 1 saturated heterocycles. The maximum atomic E-state index is 5.13. The summed E-state index contributed by atoms with van der Waals surface area (Å²) < 4.78 is 4.85. The lowest BCUT2D eigenvalue weighted by Crippen LogP contribution is -2.33. The first-order valence-corrected chi connectivity index (χ1v) is 2.85. The van der Waals surface area contributed by atoms with Crippen LogP contribution in [0.5, 0.6) is 0 Å². The van der Waals surface area contributed by atoms with E-state index in [1.807, 2.05) is 0 Å². The predicted octanol–water partition coefficient (Wildman–Crippen LogP) is -1.91. The smallest absolute Gasteiger partial charge is 0.234 e. The van der Waals surface area contributed by atoms with Crippen LogP contribution in [-0.4, -0.2) is 25.3 Å². The monoisotopic (exact) mass is 146 g/mol. The number of nitrogens with one attached hydrogen (secondary N) is 1. The second-order valence-electron chi connectivity index (χ2n) is 1.88. The van der Waals surface area contributed by atoms with E-state index in [0.717, 1.165) is 6.61 Å². The van der Waals surface area contributed by atoms with Crippen molar-refractivity contribution in [2.45, 2.75) is 6.10 Å². The van der Waals surface area contributed by atoms with Crippen LogP contribution in [0.1, 0.15) is 0 Å². The number of guanidine groups is 1. The minimum atomic E-state index is 0.0562. The number of hydrogen-bond acceptors (Lipinski definition) is 4. The summed E-state index contributed by atoms with van der Waals surface area (Å²) in [4.78, 5) is 4.80. The van der Waals surface area contributed by atoms with Crippen molar-refractivity contribution in [2.24, 2.45) is 16.7 Å². The molecular formula is C4H10N4O2. The van der Waals surface area contributed by atoms with E-state index >= 15 is 0 Å². The normalized spacial score (nSPS) is 24.4. The molecule has 0 spiro atoms. The molecule has 0 amide bonds. The lowest BCUT2D eigenvalue weighted by atomic mass is 10.5. The Morgan fingerprint density at radius 2 is 2.60 bits per heavy atom. The van der Waals surface area contributed by atoms with Gasteiger partial charge in [-0.15, -0.1) is 5.10 Å². The van der Waals surface area contributed by atoms with Crippen LogP contribution in [0.25, 0.3) is 0 Å². The molecule has 1 fully saturated rings. The Hall–Kier alpha value is -1.01. The number of epoxide rings is 1. The molecule has 58 valence electrons. The average molecular weight is 146 g/mol. The van der Waals surface area contributed by atoms with E-state index in [0.29, 0.717) is 6.61 Å². The maximum absolute atomic E-state index is 5.13. The van der Waals surface area contributed by atoms with Crippen LogP contribution in [0.15, 0.2) is 5.10 Å². The number of hydrogen-bond donors (Lipinski definition) is 3. The zero-order chi connectivity index (χ0) is 7.40. The first-order valence-electron chi connectivity index (χ1n) is 2.85. The van der Waals surface area contributed by atoms with E-state index < -0.39 is 0 Å². The van der Waals surface area contributed by atoms with Crippen molar-refractivity contribution in [1.29, 1.82) is 0 Å². The van der Waals surface area contributed by atoms with E-state index in [4.69, 9.17) is 21.2 Å². The molecule has 1 heterocycles. The summed E-state index contributed by atoms with van der Waals surface area (Å²) in [5, 5.41) is 3.12. The van der Waals surface area contributed by atoms with Crippen LogP contribution >= 0.6 is 0 Å². The predicted molar refractivity (Wildman–Crippen MR) is 34.6 cm³/mol. The van der Waals surface area contributed by atoms with Crippen molar-refractivity contribution >= 4 is 5.96 Å². The lowest BCUT2D eigenvalue weighted by molar-refractivity contribution is 0.0704. The summed E-state index contributed by atoms with van der Waals surface area (Å²) in [6, 6.07) is 0. The van der Waals surface area contributed by atoms with Gasteiger partial charge < -0.3 is 16.3 Å². The summed E-state index contributed by atoms with van der Waals surface area (Å²) in [7, 11) is 0. The zero-order valence-corrected chi connectivity index (χ0v) is 5.41. The molecule has 0 radical (unpaired) electrons. The maximum Gasteiger partial charge on any atom is 0.234 e. The van der Waals surface area contributed by atoms with Gasteiger partial charge in [0.1, 0.15) is 12.7 Å². The van der Waals surface area contributed by atoms with Crippen LogP contribution in [0.2, 0.25) is 0 Å².